The number of hydrogen-bond donors (Lipinski definition) is 0. The minimum absolute atomic E-state index is 0.0399. The summed E-state index contributed by atoms with van der Waals surface area (Å²) >= 11 is 3.49. The summed E-state index contributed by atoms with van der Waals surface area (Å²) in [6.07, 6.45) is 1.30. The molecule has 0 bridgehead atoms. The van der Waals surface area contributed by atoms with Gasteiger partial charge in [-0.2, -0.15) is 0 Å². The Morgan fingerprint density at radius 1 is 1.17 bits per heavy atom. The van der Waals surface area contributed by atoms with Crippen molar-refractivity contribution < 1.29 is 9.53 Å². The standard InChI is InChI=1S/C19H20BrNO2/c20-17-8-4-7-16(13-17)18-14-21(11-12-23-18)19(22)10-9-15-5-2-1-3-6-15/h1-8,13,18H,9-12,14H2. The fraction of sp³-hybridized carbons (Fsp3) is 0.316. The van der Waals surface area contributed by atoms with Crippen LogP contribution in [0.2, 0.25) is 0 Å². The number of benzene rings is 2. The molecule has 0 N–H and O–H groups in total. The normalized spacial score (nSPS) is 18.0. The summed E-state index contributed by atoms with van der Waals surface area (Å²) in [5.41, 5.74) is 2.32. The molecule has 1 aliphatic rings. The molecule has 0 radical (unpaired) electrons. The van der Waals surface area contributed by atoms with E-state index < -0.39 is 0 Å². The first-order valence-electron chi connectivity index (χ1n) is 7.91. The third-order valence-electron chi connectivity index (χ3n) is 4.11. The third kappa shape index (κ3) is 4.43. The Morgan fingerprint density at radius 3 is 2.78 bits per heavy atom. The van der Waals surface area contributed by atoms with Crippen LogP contribution in [-0.2, 0) is 16.0 Å². The van der Waals surface area contributed by atoms with Gasteiger partial charge in [0.1, 0.15) is 6.10 Å². The predicted octanol–water partition coefficient (Wildman–Crippen LogP) is 3.98. The van der Waals surface area contributed by atoms with Gasteiger partial charge in [-0.3, -0.25) is 4.79 Å². The molecule has 1 heterocycles. The Hall–Kier alpha value is -1.65. The Balaban J connectivity index is 1.58. The van der Waals surface area contributed by atoms with E-state index in [2.05, 4.69) is 34.1 Å². The van der Waals surface area contributed by atoms with E-state index in [0.717, 1.165) is 16.5 Å². The number of halogens is 1. The molecule has 2 aromatic rings. The number of nitrogens with zero attached hydrogens (tertiary/aromatic N) is 1. The number of rotatable bonds is 4. The van der Waals surface area contributed by atoms with Crippen molar-refractivity contribution in [3.8, 4) is 0 Å². The van der Waals surface area contributed by atoms with Gasteiger partial charge in [-0.1, -0.05) is 58.4 Å². The lowest BCUT2D eigenvalue weighted by molar-refractivity contribution is -0.139. The predicted molar refractivity (Wildman–Crippen MR) is 94.2 cm³/mol. The molecule has 0 aliphatic carbocycles. The van der Waals surface area contributed by atoms with Crippen LogP contribution in [0.3, 0.4) is 0 Å². The molecule has 23 heavy (non-hydrogen) atoms. The van der Waals surface area contributed by atoms with Gasteiger partial charge in [-0.15, -0.1) is 0 Å². The molecule has 0 aromatic heterocycles. The van der Waals surface area contributed by atoms with Gasteiger partial charge in [0.15, 0.2) is 0 Å². The van der Waals surface area contributed by atoms with E-state index >= 15 is 0 Å². The van der Waals surface area contributed by atoms with E-state index in [-0.39, 0.29) is 12.0 Å². The minimum Gasteiger partial charge on any atom is -0.370 e. The van der Waals surface area contributed by atoms with E-state index in [0.29, 0.717) is 26.1 Å². The lowest BCUT2D eigenvalue weighted by atomic mass is 10.1. The summed E-state index contributed by atoms with van der Waals surface area (Å²) in [7, 11) is 0. The van der Waals surface area contributed by atoms with Gasteiger partial charge in [0, 0.05) is 17.4 Å². The van der Waals surface area contributed by atoms with Gasteiger partial charge in [-0.25, -0.2) is 0 Å². The van der Waals surface area contributed by atoms with Crippen LogP contribution in [0, 0.1) is 0 Å². The molecule has 1 fully saturated rings. The average molecular weight is 374 g/mol. The van der Waals surface area contributed by atoms with Crippen LogP contribution >= 0.6 is 15.9 Å². The molecule has 1 saturated heterocycles. The molecule has 1 aliphatic heterocycles. The highest BCUT2D eigenvalue weighted by Gasteiger charge is 2.25. The van der Waals surface area contributed by atoms with E-state index in [1.54, 1.807) is 0 Å². The van der Waals surface area contributed by atoms with Crippen LogP contribution < -0.4 is 0 Å². The van der Waals surface area contributed by atoms with Gasteiger partial charge in [0.05, 0.1) is 13.2 Å². The van der Waals surface area contributed by atoms with Gasteiger partial charge in [-0.05, 0) is 29.7 Å². The van der Waals surface area contributed by atoms with Crippen LogP contribution in [-0.4, -0.2) is 30.5 Å². The summed E-state index contributed by atoms with van der Waals surface area (Å²) in [5.74, 6) is 0.206. The largest absolute Gasteiger partial charge is 0.370 e. The molecule has 3 rings (SSSR count). The molecule has 4 heteroatoms. The summed E-state index contributed by atoms with van der Waals surface area (Å²) in [6.45, 7) is 1.90. The zero-order valence-electron chi connectivity index (χ0n) is 13.0. The molecule has 1 unspecified atom stereocenters. The number of amides is 1. The summed E-state index contributed by atoms with van der Waals surface area (Å²) in [6, 6.07) is 18.3. The van der Waals surface area contributed by atoms with Crippen LogP contribution in [0.1, 0.15) is 23.7 Å². The van der Waals surface area contributed by atoms with Crippen molar-refractivity contribution in [3.05, 3.63) is 70.2 Å². The second kappa shape index (κ2) is 7.75. The fourth-order valence-electron chi connectivity index (χ4n) is 2.84. The van der Waals surface area contributed by atoms with E-state index in [4.69, 9.17) is 4.74 Å². The van der Waals surface area contributed by atoms with Gasteiger partial charge in [0.25, 0.3) is 0 Å². The quantitative estimate of drug-likeness (QED) is 0.810. The van der Waals surface area contributed by atoms with Crippen LogP contribution in [0.15, 0.2) is 59.1 Å². The highest BCUT2D eigenvalue weighted by molar-refractivity contribution is 9.10. The monoisotopic (exact) mass is 373 g/mol. The third-order valence-corrected chi connectivity index (χ3v) is 4.60. The first-order valence-corrected chi connectivity index (χ1v) is 8.70. The maximum Gasteiger partial charge on any atom is 0.223 e. The maximum atomic E-state index is 12.5. The average Bonchev–Trinajstić information content (AvgIpc) is 2.61. The topological polar surface area (TPSA) is 29.5 Å². The molecule has 0 spiro atoms. The van der Waals surface area contributed by atoms with Crippen molar-refractivity contribution >= 4 is 21.8 Å². The highest BCUT2D eigenvalue weighted by Crippen LogP contribution is 2.25. The minimum atomic E-state index is -0.0399. The molecule has 3 nitrogen and oxygen atoms in total. The van der Waals surface area contributed by atoms with Crippen molar-refractivity contribution in [1.29, 1.82) is 0 Å². The first-order chi connectivity index (χ1) is 11.2. The summed E-state index contributed by atoms with van der Waals surface area (Å²) in [5, 5.41) is 0. The van der Waals surface area contributed by atoms with E-state index in [1.165, 1.54) is 5.56 Å². The zero-order chi connectivity index (χ0) is 16.1. The molecule has 120 valence electrons. The number of carbonyl (C=O) groups excluding carboxylic acids is 1. The van der Waals surface area contributed by atoms with Gasteiger partial charge >= 0.3 is 0 Å². The lowest BCUT2D eigenvalue weighted by Crippen LogP contribution is -2.42. The van der Waals surface area contributed by atoms with E-state index in [1.807, 2.05) is 41.3 Å². The van der Waals surface area contributed by atoms with Crippen molar-refractivity contribution in [2.45, 2.75) is 18.9 Å². The highest BCUT2D eigenvalue weighted by atomic mass is 79.9. The second-order valence-corrected chi connectivity index (χ2v) is 6.66. The van der Waals surface area contributed by atoms with Crippen molar-refractivity contribution in [2.75, 3.05) is 19.7 Å². The van der Waals surface area contributed by atoms with E-state index in [9.17, 15) is 4.79 Å². The number of carbonyl (C=O) groups is 1. The van der Waals surface area contributed by atoms with Crippen LogP contribution in [0.25, 0.3) is 0 Å². The van der Waals surface area contributed by atoms with Gasteiger partial charge in [0.2, 0.25) is 5.91 Å². The number of aryl methyl sites for hydroxylation is 1. The van der Waals surface area contributed by atoms with Crippen molar-refractivity contribution in [1.82, 2.24) is 4.90 Å². The SMILES string of the molecule is O=C(CCc1ccccc1)N1CCOC(c2cccc(Br)c2)C1. The Kier molecular flexibility index (Phi) is 5.47. The Labute approximate surface area is 145 Å². The summed E-state index contributed by atoms with van der Waals surface area (Å²) in [4.78, 5) is 14.4. The lowest BCUT2D eigenvalue weighted by Gasteiger charge is -2.33. The maximum absolute atomic E-state index is 12.5. The molecular weight excluding hydrogens is 354 g/mol. The molecular formula is C19H20BrNO2. The van der Waals surface area contributed by atoms with Gasteiger partial charge < -0.3 is 9.64 Å². The Bertz CT molecular complexity index is 659. The number of hydrogen-bond acceptors (Lipinski definition) is 2. The molecule has 2 aromatic carbocycles. The summed E-state index contributed by atoms with van der Waals surface area (Å²) < 4.78 is 6.88. The number of ether oxygens (including phenoxy) is 1. The Morgan fingerprint density at radius 2 is 2.00 bits per heavy atom. The zero-order valence-corrected chi connectivity index (χ0v) is 14.5. The first kappa shape index (κ1) is 16.2. The second-order valence-electron chi connectivity index (χ2n) is 5.74. The smallest absolute Gasteiger partial charge is 0.223 e. The molecule has 1 atom stereocenters. The molecule has 0 saturated carbocycles. The fourth-order valence-corrected chi connectivity index (χ4v) is 3.26. The van der Waals surface area contributed by atoms with Crippen LogP contribution in [0.4, 0.5) is 0 Å². The molecule has 1 amide bonds. The number of morpholine rings is 1. The van der Waals surface area contributed by atoms with Crippen LogP contribution in [0.5, 0.6) is 0 Å². The van der Waals surface area contributed by atoms with Crippen molar-refractivity contribution in [2.24, 2.45) is 0 Å². The van der Waals surface area contributed by atoms with Crippen molar-refractivity contribution in [3.63, 3.8) is 0 Å².